The Morgan fingerprint density at radius 2 is 1.19 bits per heavy atom. The number of amides is 4. The predicted octanol–water partition coefficient (Wildman–Crippen LogP) is 3.80. The van der Waals surface area contributed by atoms with Crippen molar-refractivity contribution in [2.24, 2.45) is 5.73 Å². The number of aliphatic carboxylic acids is 1. The van der Waals surface area contributed by atoms with Crippen molar-refractivity contribution in [2.45, 2.75) is 64.5 Å². The molecular formula is C32H35F4N5O6. The van der Waals surface area contributed by atoms with E-state index in [-0.39, 0.29) is 35.3 Å². The lowest BCUT2D eigenvalue weighted by atomic mass is 10.1. The molecule has 1 aromatic heterocycles. The summed E-state index contributed by atoms with van der Waals surface area (Å²) >= 11 is 0. The van der Waals surface area contributed by atoms with Gasteiger partial charge in [-0.25, -0.2) is 27.3 Å². The zero-order valence-electron chi connectivity index (χ0n) is 25.6. The molecule has 47 heavy (non-hydrogen) atoms. The standard InChI is InChI=1S/C19H20F2N4O3.C13H15F2NO3/c1-2-3-15(19(28)25-16-5-4-12(10-23-16)18(22)27)24-17(26)8-11-6-13(20)9-14(21)7-11;1-2-3-11(13(18)19)16-12(17)6-8-4-9(14)7-10(15)5-8/h4-7,9-10,15H,2-3,8H2,1H3,(H2,22,27)(H,24,26)(H,23,25,28);4-5,7,11H,2-3,6H2,1H3,(H,16,17)(H,18,19). The van der Waals surface area contributed by atoms with Gasteiger partial charge in [0.2, 0.25) is 23.6 Å². The number of carbonyl (C=O) groups excluding carboxylic acids is 4. The zero-order valence-corrected chi connectivity index (χ0v) is 25.6. The molecule has 252 valence electrons. The molecule has 2 aromatic carbocycles. The Labute approximate surface area is 267 Å². The molecule has 0 saturated heterocycles. The summed E-state index contributed by atoms with van der Waals surface area (Å²) in [6.07, 6.45) is 2.57. The maximum atomic E-state index is 13.2. The molecule has 3 rings (SSSR count). The van der Waals surface area contributed by atoms with E-state index in [2.05, 4.69) is 20.9 Å². The number of primary amides is 1. The second kappa shape index (κ2) is 18.6. The maximum Gasteiger partial charge on any atom is 0.326 e. The first-order valence-electron chi connectivity index (χ1n) is 14.5. The average Bonchev–Trinajstić information content (AvgIpc) is 2.96. The van der Waals surface area contributed by atoms with Crippen LogP contribution in [-0.4, -0.2) is 51.8 Å². The number of hydrogen-bond donors (Lipinski definition) is 5. The maximum absolute atomic E-state index is 13.2. The second-order valence-corrected chi connectivity index (χ2v) is 10.4. The molecule has 4 amide bonds. The smallest absolute Gasteiger partial charge is 0.326 e. The van der Waals surface area contributed by atoms with Gasteiger partial charge in [-0.3, -0.25) is 19.2 Å². The Hall–Kier alpha value is -5.34. The fourth-order valence-electron chi connectivity index (χ4n) is 4.22. The number of nitrogens with zero attached hydrogens (tertiary/aromatic N) is 1. The number of carbonyl (C=O) groups is 5. The highest BCUT2D eigenvalue weighted by Gasteiger charge is 2.21. The van der Waals surface area contributed by atoms with Crippen LogP contribution in [0.3, 0.4) is 0 Å². The summed E-state index contributed by atoms with van der Waals surface area (Å²) in [7, 11) is 0. The Balaban J connectivity index is 0.000000353. The summed E-state index contributed by atoms with van der Waals surface area (Å²) in [5.41, 5.74) is 5.65. The van der Waals surface area contributed by atoms with E-state index >= 15 is 0 Å². The van der Waals surface area contributed by atoms with E-state index in [1.54, 1.807) is 6.92 Å². The van der Waals surface area contributed by atoms with Crippen molar-refractivity contribution >= 4 is 35.4 Å². The molecule has 0 bridgehead atoms. The number of anilines is 1. The van der Waals surface area contributed by atoms with Crippen LogP contribution in [0, 0.1) is 23.3 Å². The number of carboxylic acid groups (broad SMARTS) is 1. The highest BCUT2D eigenvalue weighted by atomic mass is 19.1. The molecular weight excluding hydrogens is 626 g/mol. The van der Waals surface area contributed by atoms with Gasteiger partial charge in [0, 0.05) is 18.3 Å². The summed E-state index contributed by atoms with van der Waals surface area (Å²) in [6, 6.07) is 6.61. The fourth-order valence-corrected chi connectivity index (χ4v) is 4.22. The number of rotatable bonds is 14. The lowest BCUT2D eigenvalue weighted by Gasteiger charge is -2.17. The van der Waals surface area contributed by atoms with E-state index in [9.17, 15) is 41.5 Å². The molecule has 0 aliphatic heterocycles. The average molecular weight is 662 g/mol. The van der Waals surface area contributed by atoms with Gasteiger partial charge in [0.25, 0.3) is 0 Å². The van der Waals surface area contributed by atoms with Crippen molar-refractivity contribution in [3.63, 3.8) is 0 Å². The first-order chi connectivity index (χ1) is 22.2. The molecule has 6 N–H and O–H groups in total. The third-order valence-corrected chi connectivity index (χ3v) is 6.31. The first-order valence-corrected chi connectivity index (χ1v) is 14.5. The zero-order chi connectivity index (χ0) is 35.1. The quantitative estimate of drug-likeness (QED) is 0.163. The lowest BCUT2D eigenvalue weighted by Crippen LogP contribution is -2.44. The lowest BCUT2D eigenvalue weighted by molar-refractivity contribution is -0.142. The van der Waals surface area contributed by atoms with E-state index in [0.717, 1.165) is 24.3 Å². The number of pyridine rings is 1. The second-order valence-electron chi connectivity index (χ2n) is 10.4. The minimum absolute atomic E-state index is 0.161. The van der Waals surface area contributed by atoms with Gasteiger partial charge in [0.15, 0.2) is 0 Å². The minimum Gasteiger partial charge on any atom is -0.480 e. The number of carboxylic acids is 1. The number of nitrogens with one attached hydrogen (secondary N) is 3. The Morgan fingerprint density at radius 3 is 1.57 bits per heavy atom. The van der Waals surface area contributed by atoms with Crippen LogP contribution in [0.25, 0.3) is 0 Å². The molecule has 0 aliphatic carbocycles. The molecule has 3 aromatic rings. The van der Waals surface area contributed by atoms with E-state index in [4.69, 9.17) is 10.8 Å². The van der Waals surface area contributed by atoms with Gasteiger partial charge < -0.3 is 26.8 Å². The molecule has 15 heteroatoms. The summed E-state index contributed by atoms with van der Waals surface area (Å²) < 4.78 is 52.3. The van der Waals surface area contributed by atoms with E-state index < -0.39 is 65.0 Å². The van der Waals surface area contributed by atoms with Crippen LogP contribution in [0.2, 0.25) is 0 Å². The monoisotopic (exact) mass is 661 g/mol. The van der Waals surface area contributed by atoms with Gasteiger partial charge in [-0.15, -0.1) is 0 Å². The SMILES string of the molecule is CCCC(NC(=O)Cc1cc(F)cc(F)c1)C(=O)Nc1ccc(C(N)=O)cn1.CCCC(NC(=O)Cc1cc(F)cc(F)c1)C(=O)O. The summed E-state index contributed by atoms with van der Waals surface area (Å²) in [5, 5.41) is 16.3. The molecule has 0 fully saturated rings. The molecule has 2 atom stereocenters. The van der Waals surface area contributed by atoms with Crippen molar-refractivity contribution in [3.8, 4) is 0 Å². The van der Waals surface area contributed by atoms with Gasteiger partial charge in [-0.1, -0.05) is 26.7 Å². The molecule has 0 saturated carbocycles. The topological polar surface area (TPSA) is 181 Å². The predicted molar refractivity (Wildman–Crippen MR) is 163 cm³/mol. The van der Waals surface area contributed by atoms with E-state index in [1.807, 2.05) is 6.92 Å². The highest BCUT2D eigenvalue weighted by molar-refractivity contribution is 5.97. The third kappa shape index (κ3) is 13.7. The van der Waals surface area contributed by atoms with Crippen molar-refractivity contribution < 1.29 is 46.6 Å². The van der Waals surface area contributed by atoms with E-state index in [1.165, 1.54) is 18.3 Å². The number of halogens is 4. The first kappa shape index (κ1) is 37.8. The highest BCUT2D eigenvalue weighted by Crippen LogP contribution is 2.11. The molecule has 0 spiro atoms. The molecule has 11 nitrogen and oxygen atoms in total. The Morgan fingerprint density at radius 1 is 0.745 bits per heavy atom. The molecule has 1 heterocycles. The minimum atomic E-state index is -1.12. The van der Waals surface area contributed by atoms with Crippen LogP contribution in [0.5, 0.6) is 0 Å². The normalized spacial score (nSPS) is 11.7. The van der Waals surface area contributed by atoms with Gasteiger partial charge in [0.05, 0.1) is 18.4 Å². The van der Waals surface area contributed by atoms with Crippen LogP contribution >= 0.6 is 0 Å². The fraction of sp³-hybridized carbons (Fsp3) is 0.312. The van der Waals surface area contributed by atoms with Gasteiger partial charge in [-0.2, -0.15) is 0 Å². The third-order valence-electron chi connectivity index (χ3n) is 6.31. The van der Waals surface area contributed by atoms with Crippen LogP contribution in [0.15, 0.2) is 54.7 Å². The van der Waals surface area contributed by atoms with Crippen molar-refractivity contribution in [1.29, 1.82) is 0 Å². The summed E-state index contributed by atoms with van der Waals surface area (Å²) in [6.45, 7) is 3.64. The number of benzene rings is 2. The number of nitrogens with two attached hydrogens (primary N) is 1. The van der Waals surface area contributed by atoms with Gasteiger partial charge >= 0.3 is 5.97 Å². The largest absolute Gasteiger partial charge is 0.480 e. The Kier molecular flexibility index (Phi) is 15.0. The van der Waals surface area contributed by atoms with Crippen molar-refractivity contribution in [3.05, 3.63) is 94.7 Å². The van der Waals surface area contributed by atoms with Crippen LogP contribution in [0.1, 0.15) is 61.0 Å². The van der Waals surface area contributed by atoms with Gasteiger partial charge in [0.1, 0.15) is 41.2 Å². The molecule has 0 radical (unpaired) electrons. The van der Waals surface area contributed by atoms with Crippen LogP contribution in [-0.2, 0) is 32.0 Å². The number of aromatic nitrogens is 1. The van der Waals surface area contributed by atoms with Crippen molar-refractivity contribution in [1.82, 2.24) is 15.6 Å². The Bertz CT molecular complexity index is 1530. The summed E-state index contributed by atoms with van der Waals surface area (Å²) in [4.78, 5) is 62.1. The van der Waals surface area contributed by atoms with E-state index in [0.29, 0.717) is 37.8 Å². The summed E-state index contributed by atoms with van der Waals surface area (Å²) in [5.74, 6) is -6.31. The van der Waals surface area contributed by atoms with Crippen LogP contribution in [0.4, 0.5) is 23.4 Å². The molecule has 2 unspecified atom stereocenters. The van der Waals surface area contributed by atoms with Crippen LogP contribution < -0.4 is 21.7 Å². The number of hydrogen-bond acceptors (Lipinski definition) is 6. The van der Waals surface area contributed by atoms with Crippen molar-refractivity contribution in [2.75, 3.05) is 5.32 Å². The van der Waals surface area contributed by atoms with Gasteiger partial charge in [-0.05, 0) is 60.4 Å². The molecule has 0 aliphatic rings.